The lowest BCUT2D eigenvalue weighted by Gasteiger charge is -2.12. The Balaban J connectivity index is 2.23. The molecule has 2 rings (SSSR count). The molecule has 0 spiro atoms. The average Bonchev–Trinajstić information content (AvgIpc) is 2.40. The van der Waals surface area contributed by atoms with Crippen LogP contribution in [-0.2, 0) is 0 Å². The maximum Gasteiger partial charge on any atom is 0.0500 e. The molecule has 18 heavy (non-hydrogen) atoms. The van der Waals surface area contributed by atoms with Crippen molar-refractivity contribution >= 4 is 28.7 Å². The monoisotopic (exact) mass is 259 g/mol. The zero-order valence-corrected chi connectivity index (χ0v) is 10.8. The second kappa shape index (κ2) is 5.56. The molecule has 0 bridgehead atoms. The number of halogens is 1. The van der Waals surface area contributed by atoms with Crippen molar-refractivity contribution in [1.29, 1.82) is 0 Å². The summed E-state index contributed by atoms with van der Waals surface area (Å²) in [4.78, 5) is 3.96. The van der Waals surface area contributed by atoms with Gasteiger partial charge in [-0.3, -0.25) is 4.98 Å². The lowest BCUT2D eigenvalue weighted by molar-refractivity contribution is 1.33. The zero-order valence-electron chi connectivity index (χ0n) is 10.1. The summed E-state index contributed by atoms with van der Waals surface area (Å²) in [6, 6.07) is 9.48. The maximum atomic E-state index is 6.17. The molecule has 0 unspecified atom stereocenters. The van der Waals surface area contributed by atoms with E-state index in [0.29, 0.717) is 5.02 Å². The predicted octanol–water partition coefficient (Wildman–Crippen LogP) is 3.86. The maximum absolute atomic E-state index is 6.17. The fourth-order valence-corrected chi connectivity index (χ4v) is 1.82. The normalized spacial score (nSPS) is 9.89. The number of rotatable bonds is 4. The Bertz CT molecular complexity index is 552. The summed E-state index contributed by atoms with van der Waals surface area (Å²) in [6.45, 7) is 4.01. The van der Waals surface area contributed by atoms with Gasteiger partial charge in [0, 0.05) is 42.1 Å². The molecule has 2 aromatic rings. The molecule has 3 nitrogen and oxygen atoms in total. The number of nitrogens with zero attached hydrogens (tertiary/aromatic N) is 1. The van der Waals surface area contributed by atoms with E-state index in [1.165, 1.54) is 0 Å². The van der Waals surface area contributed by atoms with Gasteiger partial charge in [-0.1, -0.05) is 18.2 Å². The van der Waals surface area contributed by atoms with Crippen molar-refractivity contribution in [1.82, 2.24) is 4.98 Å². The summed E-state index contributed by atoms with van der Waals surface area (Å²) in [5, 5.41) is 6.95. The molecule has 0 atom stereocenters. The third kappa shape index (κ3) is 2.81. The van der Waals surface area contributed by atoms with Crippen LogP contribution in [-0.4, -0.2) is 12.0 Å². The van der Waals surface area contributed by atoms with Crippen molar-refractivity contribution in [3.8, 4) is 0 Å². The summed E-state index contributed by atoms with van der Waals surface area (Å²) in [6.07, 6.45) is 3.45. The molecule has 92 valence electrons. The van der Waals surface area contributed by atoms with Gasteiger partial charge in [0.2, 0.25) is 0 Å². The number of pyridine rings is 1. The molecule has 0 radical (unpaired) electrons. The van der Waals surface area contributed by atoms with E-state index in [9.17, 15) is 0 Å². The van der Waals surface area contributed by atoms with E-state index >= 15 is 0 Å². The first-order valence-corrected chi connectivity index (χ1v) is 5.92. The van der Waals surface area contributed by atoms with Crippen LogP contribution in [0.15, 0.2) is 49.3 Å². The Morgan fingerprint density at radius 2 is 1.89 bits per heavy atom. The molecule has 4 heteroatoms. The Labute approximate surface area is 112 Å². The van der Waals surface area contributed by atoms with Crippen LogP contribution in [0.25, 0.3) is 5.70 Å². The van der Waals surface area contributed by atoms with Crippen molar-refractivity contribution < 1.29 is 0 Å². The number of hydrogen-bond acceptors (Lipinski definition) is 3. The van der Waals surface area contributed by atoms with E-state index in [1.54, 1.807) is 12.4 Å². The van der Waals surface area contributed by atoms with Gasteiger partial charge >= 0.3 is 0 Å². The molecule has 0 saturated heterocycles. The molecular formula is C14H14ClN3. The molecule has 1 aromatic carbocycles. The van der Waals surface area contributed by atoms with Crippen molar-refractivity contribution in [2.24, 2.45) is 0 Å². The highest BCUT2D eigenvalue weighted by atomic mass is 35.5. The third-order valence-corrected chi connectivity index (χ3v) is 2.89. The quantitative estimate of drug-likeness (QED) is 0.876. The molecule has 0 amide bonds. The first kappa shape index (κ1) is 12.5. The predicted molar refractivity (Wildman–Crippen MR) is 77.9 cm³/mol. The first-order chi connectivity index (χ1) is 8.70. The van der Waals surface area contributed by atoms with Crippen molar-refractivity contribution in [3.63, 3.8) is 0 Å². The fourth-order valence-electron chi connectivity index (χ4n) is 1.59. The van der Waals surface area contributed by atoms with Gasteiger partial charge in [0.05, 0.1) is 5.02 Å². The number of nitrogens with one attached hydrogen (secondary N) is 2. The van der Waals surface area contributed by atoms with Crippen molar-refractivity contribution in [2.75, 3.05) is 17.7 Å². The van der Waals surface area contributed by atoms with Gasteiger partial charge in [-0.2, -0.15) is 0 Å². The third-order valence-electron chi connectivity index (χ3n) is 2.56. The van der Waals surface area contributed by atoms with Gasteiger partial charge in [0.1, 0.15) is 0 Å². The second-order valence-electron chi connectivity index (χ2n) is 3.78. The molecule has 0 aliphatic heterocycles. The Kier molecular flexibility index (Phi) is 3.85. The van der Waals surface area contributed by atoms with Crippen LogP contribution >= 0.6 is 11.6 Å². The molecule has 0 aliphatic rings. The van der Waals surface area contributed by atoms with E-state index in [1.807, 2.05) is 37.4 Å². The lowest BCUT2D eigenvalue weighted by Crippen LogP contribution is -1.99. The number of hydrogen-bond donors (Lipinski definition) is 2. The van der Waals surface area contributed by atoms with E-state index in [2.05, 4.69) is 22.2 Å². The molecule has 0 saturated carbocycles. The van der Waals surface area contributed by atoms with Crippen LogP contribution in [0.2, 0.25) is 5.02 Å². The van der Waals surface area contributed by atoms with Crippen LogP contribution in [0.1, 0.15) is 5.56 Å². The number of benzene rings is 1. The lowest BCUT2D eigenvalue weighted by atomic mass is 10.1. The summed E-state index contributed by atoms with van der Waals surface area (Å²) < 4.78 is 0. The summed E-state index contributed by atoms with van der Waals surface area (Å²) in [5.41, 5.74) is 3.55. The van der Waals surface area contributed by atoms with Crippen LogP contribution in [0.3, 0.4) is 0 Å². The molecule has 1 heterocycles. The van der Waals surface area contributed by atoms with E-state index < -0.39 is 0 Å². The summed E-state index contributed by atoms with van der Waals surface area (Å²) >= 11 is 6.17. The summed E-state index contributed by atoms with van der Waals surface area (Å²) in [7, 11) is 1.87. The van der Waals surface area contributed by atoms with Crippen molar-refractivity contribution in [2.45, 2.75) is 0 Å². The highest BCUT2D eigenvalue weighted by Crippen LogP contribution is 2.26. The van der Waals surface area contributed by atoms with Crippen LogP contribution in [0.5, 0.6) is 0 Å². The SMILES string of the molecule is C=C(Nc1ccncc1)c1cc(NC)ccc1Cl. The molecule has 1 aromatic heterocycles. The molecule has 0 fully saturated rings. The zero-order chi connectivity index (χ0) is 13.0. The van der Waals surface area contributed by atoms with E-state index in [-0.39, 0.29) is 0 Å². The van der Waals surface area contributed by atoms with Gasteiger partial charge in [-0.05, 0) is 30.3 Å². The minimum atomic E-state index is 0.667. The van der Waals surface area contributed by atoms with Gasteiger partial charge < -0.3 is 10.6 Å². The summed E-state index contributed by atoms with van der Waals surface area (Å²) in [5.74, 6) is 0. The Morgan fingerprint density at radius 1 is 1.17 bits per heavy atom. The number of aromatic nitrogens is 1. The minimum absolute atomic E-state index is 0.667. The fraction of sp³-hybridized carbons (Fsp3) is 0.0714. The van der Waals surface area contributed by atoms with Gasteiger partial charge in [-0.25, -0.2) is 0 Å². The minimum Gasteiger partial charge on any atom is -0.388 e. The van der Waals surface area contributed by atoms with E-state index in [0.717, 1.165) is 22.6 Å². The number of anilines is 2. The highest BCUT2D eigenvalue weighted by molar-refractivity contribution is 6.32. The molecule has 0 aliphatic carbocycles. The van der Waals surface area contributed by atoms with Gasteiger partial charge in [0.15, 0.2) is 0 Å². The average molecular weight is 260 g/mol. The highest BCUT2D eigenvalue weighted by Gasteiger charge is 2.06. The van der Waals surface area contributed by atoms with E-state index in [4.69, 9.17) is 11.6 Å². The van der Waals surface area contributed by atoms with Crippen molar-refractivity contribution in [3.05, 3.63) is 59.9 Å². The molecular weight excluding hydrogens is 246 g/mol. The van der Waals surface area contributed by atoms with Gasteiger partial charge in [0.25, 0.3) is 0 Å². The topological polar surface area (TPSA) is 37.0 Å². The Hall–Kier alpha value is -2.00. The standard InChI is InChI=1S/C14H14ClN3/c1-10(18-11-5-7-17-8-6-11)13-9-12(16-2)3-4-14(13)15/h3-9,16H,1H2,2H3,(H,17,18). The largest absolute Gasteiger partial charge is 0.388 e. The van der Waals surface area contributed by atoms with Crippen LogP contribution in [0.4, 0.5) is 11.4 Å². The van der Waals surface area contributed by atoms with Crippen LogP contribution in [0, 0.1) is 0 Å². The molecule has 2 N–H and O–H groups in total. The van der Waals surface area contributed by atoms with Gasteiger partial charge in [-0.15, -0.1) is 0 Å². The first-order valence-electron chi connectivity index (χ1n) is 5.54. The van der Waals surface area contributed by atoms with Crippen LogP contribution < -0.4 is 10.6 Å². The second-order valence-corrected chi connectivity index (χ2v) is 4.19. The smallest absolute Gasteiger partial charge is 0.0500 e. The Morgan fingerprint density at radius 3 is 2.56 bits per heavy atom.